The third kappa shape index (κ3) is 3.63. The summed E-state index contributed by atoms with van der Waals surface area (Å²) in [5.74, 6) is 0.0502. The van der Waals surface area contributed by atoms with Crippen LogP contribution >= 0.6 is 7.60 Å². The van der Waals surface area contributed by atoms with Crippen molar-refractivity contribution in [3.63, 3.8) is 0 Å². The minimum absolute atomic E-state index is 0.0502. The number of nitrogens with one attached hydrogen (secondary N) is 1. The van der Waals surface area contributed by atoms with Crippen LogP contribution in [0.3, 0.4) is 0 Å². The third-order valence-electron chi connectivity index (χ3n) is 7.00. The molecule has 170 valence electrons. The Kier molecular flexibility index (Phi) is 5.83. The largest absolute Gasteiger partial charge is 0.393 e. The minimum Gasteiger partial charge on any atom is -0.356 e. The van der Waals surface area contributed by atoms with Gasteiger partial charge in [0.25, 0.3) is 5.53 Å². The maximum atomic E-state index is 12.9. The SMILES string of the molecule is CCC(CC)(CC1CC(N2C=CCNC2=O)C2OC(C)OC12)OP1(=O)OC1(O)CC. The molecule has 7 atom stereocenters. The zero-order valence-corrected chi connectivity index (χ0v) is 19.0. The Morgan fingerprint density at radius 3 is 2.63 bits per heavy atom. The molecule has 0 bridgehead atoms. The van der Waals surface area contributed by atoms with Crippen LogP contribution in [-0.4, -0.2) is 58.3 Å². The van der Waals surface area contributed by atoms with E-state index in [0.29, 0.717) is 32.2 Å². The van der Waals surface area contributed by atoms with E-state index in [4.69, 9.17) is 18.5 Å². The summed E-state index contributed by atoms with van der Waals surface area (Å²) in [5.41, 5.74) is -2.38. The Hall–Kier alpha value is -0.960. The number of urea groups is 1. The molecule has 1 saturated carbocycles. The molecule has 3 aliphatic heterocycles. The summed E-state index contributed by atoms with van der Waals surface area (Å²) in [6.45, 7) is 8.08. The highest BCUT2D eigenvalue weighted by Gasteiger charge is 2.71. The fourth-order valence-electron chi connectivity index (χ4n) is 5.06. The number of aliphatic hydroxyl groups is 1. The van der Waals surface area contributed by atoms with Gasteiger partial charge in [-0.25, -0.2) is 4.79 Å². The van der Waals surface area contributed by atoms with Gasteiger partial charge in [0.05, 0.1) is 17.7 Å². The molecule has 9 nitrogen and oxygen atoms in total. The van der Waals surface area contributed by atoms with Crippen molar-refractivity contribution in [1.29, 1.82) is 0 Å². The van der Waals surface area contributed by atoms with Gasteiger partial charge in [0.15, 0.2) is 6.29 Å². The monoisotopic (exact) mass is 444 g/mol. The van der Waals surface area contributed by atoms with Crippen molar-refractivity contribution in [3.05, 3.63) is 12.3 Å². The van der Waals surface area contributed by atoms with E-state index in [0.717, 1.165) is 0 Å². The van der Waals surface area contributed by atoms with E-state index in [9.17, 15) is 14.5 Å². The van der Waals surface area contributed by atoms with E-state index < -0.39 is 18.7 Å². The fraction of sp³-hybridized carbons (Fsp3) is 0.850. The van der Waals surface area contributed by atoms with Gasteiger partial charge in [-0.05, 0) is 44.6 Å². The molecule has 3 fully saturated rings. The van der Waals surface area contributed by atoms with Gasteiger partial charge in [0, 0.05) is 19.2 Å². The van der Waals surface area contributed by atoms with Crippen molar-refractivity contribution in [2.24, 2.45) is 5.92 Å². The molecule has 4 rings (SSSR count). The predicted octanol–water partition coefficient (Wildman–Crippen LogP) is 3.29. The van der Waals surface area contributed by atoms with Gasteiger partial charge in [0.2, 0.25) is 0 Å². The van der Waals surface area contributed by atoms with Crippen molar-refractivity contribution in [2.75, 3.05) is 6.54 Å². The van der Waals surface area contributed by atoms with E-state index in [1.54, 1.807) is 11.8 Å². The number of carbonyl (C=O) groups is 1. The summed E-state index contributed by atoms with van der Waals surface area (Å²) in [6.07, 6.45) is 5.70. The van der Waals surface area contributed by atoms with Crippen LogP contribution in [0.4, 0.5) is 4.79 Å². The maximum Gasteiger partial charge on any atom is 0.393 e. The summed E-state index contributed by atoms with van der Waals surface area (Å²) in [7, 11) is -3.54. The molecular weight excluding hydrogens is 411 g/mol. The maximum absolute atomic E-state index is 12.9. The average molecular weight is 444 g/mol. The first-order valence-corrected chi connectivity index (χ1v) is 12.5. The lowest BCUT2D eigenvalue weighted by Crippen LogP contribution is -2.49. The van der Waals surface area contributed by atoms with E-state index in [2.05, 4.69) is 5.32 Å². The lowest BCUT2D eigenvalue weighted by atomic mass is 9.84. The van der Waals surface area contributed by atoms with Gasteiger partial charge in [-0.1, -0.05) is 20.8 Å². The average Bonchev–Trinajstić information content (AvgIpc) is 2.97. The van der Waals surface area contributed by atoms with Crippen molar-refractivity contribution in [1.82, 2.24) is 10.2 Å². The molecule has 0 aromatic rings. The molecule has 2 saturated heterocycles. The number of carbonyl (C=O) groups excluding carboxylic acids is 1. The molecular formula is C20H33N2O7P. The first kappa shape index (κ1) is 22.2. The molecule has 2 N–H and O–H groups in total. The summed E-state index contributed by atoms with van der Waals surface area (Å²) in [4.78, 5) is 14.1. The van der Waals surface area contributed by atoms with Crippen LogP contribution < -0.4 is 5.32 Å². The summed E-state index contributed by atoms with van der Waals surface area (Å²) in [6, 6.07) is -0.281. The quantitative estimate of drug-likeness (QED) is 0.437. The zero-order valence-electron chi connectivity index (χ0n) is 18.1. The van der Waals surface area contributed by atoms with E-state index >= 15 is 0 Å². The standard InChI is InChI=1S/C20H33N2O7P/c1-5-19(6-2,28-30(25)20(24,7-3)29-30)12-14-11-15(17-16(14)26-13(4)27-17)22-10-8-9-21-18(22)23/h8,10,13-17,24H,5-7,9,11-12H2,1-4H3,(H,21,23). The Labute approximate surface area is 177 Å². The highest BCUT2D eigenvalue weighted by molar-refractivity contribution is 7.61. The number of fused-ring (bicyclic) bond motifs is 1. The molecule has 0 spiro atoms. The topological polar surface area (TPSA) is 110 Å². The van der Waals surface area contributed by atoms with Crippen LogP contribution in [0.25, 0.3) is 0 Å². The summed E-state index contributed by atoms with van der Waals surface area (Å²) in [5, 5.41) is 13.1. The molecule has 2 amide bonds. The molecule has 7 unspecified atom stereocenters. The smallest absolute Gasteiger partial charge is 0.356 e. The molecule has 30 heavy (non-hydrogen) atoms. The molecule has 0 aromatic carbocycles. The molecule has 4 aliphatic rings. The summed E-state index contributed by atoms with van der Waals surface area (Å²) >= 11 is 0. The van der Waals surface area contributed by atoms with Crippen molar-refractivity contribution < 1.29 is 33.0 Å². The molecule has 10 heteroatoms. The highest BCUT2D eigenvalue weighted by atomic mass is 31.2. The third-order valence-corrected chi connectivity index (χ3v) is 9.27. The second kappa shape index (κ2) is 7.87. The second-order valence-corrected chi connectivity index (χ2v) is 10.7. The van der Waals surface area contributed by atoms with E-state index in [-0.39, 0.29) is 42.9 Å². The van der Waals surface area contributed by atoms with Gasteiger partial charge < -0.3 is 19.9 Å². The van der Waals surface area contributed by atoms with Gasteiger partial charge in [-0.2, -0.15) is 0 Å². The lowest BCUT2D eigenvalue weighted by molar-refractivity contribution is -0.0791. The number of ether oxygens (including phenoxy) is 2. The van der Waals surface area contributed by atoms with Crippen LogP contribution in [0.2, 0.25) is 0 Å². The second-order valence-electron chi connectivity index (χ2n) is 8.68. The van der Waals surface area contributed by atoms with Crippen LogP contribution in [0, 0.1) is 5.92 Å². The molecule has 0 aromatic heterocycles. The predicted molar refractivity (Wildman–Crippen MR) is 108 cm³/mol. The number of hydrogen-bond donors (Lipinski definition) is 2. The van der Waals surface area contributed by atoms with Gasteiger partial charge in [-0.15, -0.1) is 0 Å². The van der Waals surface area contributed by atoms with Gasteiger partial charge >= 0.3 is 13.6 Å². The first-order valence-electron chi connectivity index (χ1n) is 11.0. The molecule has 0 radical (unpaired) electrons. The fourth-order valence-corrected chi connectivity index (χ4v) is 7.14. The number of rotatable bonds is 8. The Morgan fingerprint density at radius 1 is 1.33 bits per heavy atom. The van der Waals surface area contributed by atoms with E-state index in [1.807, 2.05) is 33.0 Å². The van der Waals surface area contributed by atoms with Gasteiger partial charge in [0.1, 0.15) is 6.10 Å². The molecule has 3 heterocycles. The highest BCUT2D eigenvalue weighted by Crippen LogP contribution is 2.80. The molecule has 1 aliphatic carbocycles. The zero-order chi connectivity index (χ0) is 21.7. The Balaban J connectivity index is 1.54. The van der Waals surface area contributed by atoms with Crippen molar-refractivity contribution >= 4 is 13.6 Å². The number of nitrogens with zero attached hydrogens (tertiary/aromatic N) is 1. The normalized spacial score (nSPS) is 43.0. The minimum atomic E-state index is -3.54. The Morgan fingerprint density at radius 2 is 2.03 bits per heavy atom. The lowest BCUT2D eigenvalue weighted by Gasteiger charge is -2.35. The first-order chi connectivity index (χ1) is 14.2. The Bertz CT molecular complexity index is 757. The van der Waals surface area contributed by atoms with Crippen molar-refractivity contribution in [2.45, 2.75) is 95.5 Å². The summed E-state index contributed by atoms with van der Waals surface area (Å²) < 4.78 is 36.3. The van der Waals surface area contributed by atoms with E-state index in [1.165, 1.54) is 0 Å². The van der Waals surface area contributed by atoms with Crippen LogP contribution in [0.5, 0.6) is 0 Å². The van der Waals surface area contributed by atoms with Crippen LogP contribution in [0.1, 0.15) is 59.8 Å². The van der Waals surface area contributed by atoms with Crippen LogP contribution in [0.15, 0.2) is 12.3 Å². The number of hydrogen-bond acceptors (Lipinski definition) is 7. The van der Waals surface area contributed by atoms with Gasteiger partial charge in [-0.3, -0.25) is 18.5 Å². The number of amides is 2. The van der Waals surface area contributed by atoms with Crippen molar-refractivity contribution in [3.8, 4) is 0 Å². The van der Waals surface area contributed by atoms with Crippen LogP contribution in [-0.2, 0) is 23.1 Å².